The lowest BCUT2D eigenvalue weighted by molar-refractivity contribution is -0.143. The molecule has 0 saturated carbocycles. The average molecular weight is 674 g/mol. The summed E-state index contributed by atoms with van der Waals surface area (Å²) in [5.74, 6) is 1.08. The second kappa shape index (κ2) is 37.5. The van der Waals surface area contributed by atoms with Crippen molar-refractivity contribution in [3.63, 3.8) is 0 Å². The van der Waals surface area contributed by atoms with Crippen LogP contribution in [0.3, 0.4) is 0 Å². The van der Waals surface area contributed by atoms with Crippen molar-refractivity contribution in [3.05, 3.63) is 0 Å². The molecule has 0 radical (unpaired) electrons. The summed E-state index contributed by atoms with van der Waals surface area (Å²) in [5, 5.41) is 19.4. The Morgan fingerprint density at radius 1 is 0.587 bits per heavy atom. The van der Waals surface area contributed by atoms with Gasteiger partial charge in [0.25, 0.3) is 0 Å². The third-order valence-electron chi connectivity index (χ3n) is 8.88. The van der Waals surface area contributed by atoms with Crippen molar-refractivity contribution in [1.82, 2.24) is 4.90 Å². The largest absolute Gasteiger partial charge is 0.465 e. The normalized spacial score (nSPS) is 13.0. The SMILES string of the molecule is CCCCCCCCOC(O)CCCCCN(CCCCO)CCCCCCOC(=O)C(CCCCCCCC)SCCCCC. The molecule has 0 rings (SSSR count). The maximum Gasteiger partial charge on any atom is 0.319 e. The number of carbonyl (C=O) groups is 1. The van der Waals surface area contributed by atoms with Gasteiger partial charge < -0.3 is 24.6 Å². The zero-order valence-electron chi connectivity index (χ0n) is 31.0. The van der Waals surface area contributed by atoms with Crippen LogP contribution >= 0.6 is 11.8 Å². The molecule has 6 nitrogen and oxygen atoms in total. The van der Waals surface area contributed by atoms with Crippen LogP contribution in [0.4, 0.5) is 0 Å². The minimum absolute atomic E-state index is 0.0106. The Labute approximate surface area is 290 Å². The molecule has 46 heavy (non-hydrogen) atoms. The predicted octanol–water partition coefficient (Wildman–Crippen LogP) is 10.5. The second-order valence-corrected chi connectivity index (χ2v) is 14.7. The molecule has 0 aromatic rings. The van der Waals surface area contributed by atoms with E-state index < -0.39 is 6.29 Å². The van der Waals surface area contributed by atoms with Crippen molar-refractivity contribution in [2.45, 2.75) is 199 Å². The van der Waals surface area contributed by atoms with Gasteiger partial charge in [-0.15, -0.1) is 11.8 Å². The maximum atomic E-state index is 12.9. The highest BCUT2D eigenvalue weighted by Crippen LogP contribution is 2.22. The first-order chi connectivity index (χ1) is 22.6. The molecule has 0 heterocycles. The number of thioether (sulfide) groups is 1. The molecule has 0 aromatic carbocycles. The van der Waals surface area contributed by atoms with E-state index in [0.717, 1.165) is 109 Å². The van der Waals surface area contributed by atoms with E-state index in [4.69, 9.17) is 9.47 Å². The van der Waals surface area contributed by atoms with Gasteiger partial charge in [0, 0.05) is 13.2 Å². The first kappa shape index (κ1) is 45.7. The van der Waals surface area contributed by atoms with Gasteiger partial charge in [0.1, 0.15) is 5.25 Å². The molecule has 2 atom stereocenters. The number of esters is 1. The van der Waals surface area contributed by atoms with Gasteiger partial charge in [0.15, 0.2) is 6.29 Å². The fraction of sp³-hybridized carbons (Fsp3) is 0.974. The summed E-state index contributed by atoms with van der Waals surface area (Å²) in [5.41, 5.74) is 0. The number of aliphatic hydroxyl groups excluding tert-OH is 2. The van der Waals surface area contributed by atoms with Crippen molar-refractivity contribution < 1.29 is 24.5 Å². The van der Waals surface area contributed by atoms with Crippen LogP contribution in [0, 0.1) is 0 Å². The molecular formula is C39H79NO5S. The summed E-state index contributed by atoms with van der Waals surface area (Å²) in [4.78, 5) is 15.4. The fourth-order valence-electron chi connectivity index (χ4n) is 5.81. The zero-order valence-corrected chi connectivity index (χ0v) is 31.8. The third kappa shape index (κ3) is 32.2. The number of nitrogens with zero attached hydrogens (tertiary/aromatic N) is 1. The highest BCUT2D eigenvalue weighted by atomic mass is 32.2. The van der Waals surface area contributed by atoms with E-state index in [2.05, 4.69) is 25.7 Å². The summed E-state index contributed by atoms with van der Waals surface area (Å²) in [6.45, 7) is 11.4. The standard InChI is InChI=1S/C39H79NO5S/c1-4-7-10-12-14-19-28-37(46-36-27-9-6-3)39(43)45-35-26-17-15-21-30-40(32-23-24-33-41)31-22-18-20-29-38(42)44-34-25-16-13-11-8-5-2/h37-38,41-42H,4-36H2,1-3H3. The third-order valence-corrected chi connectivity index (χ3v) is 10.2. The van der Waals surface area contributed by atoms with Crippen molar-refractivity contribution in [2.24, 2.45) is 0 Å². The summed E-state index contributed by atoms with van der Waals surface area (Å²) < 4.78 is 11.4. The Hall–Kier alpha value is -0.340. The van der Waals surface area contributed by atoms with Crippen LogP contribution < -0.4 is 0 Å². The van der Waals surface area contributed by atoms with Crippen LogP contribution in [-0.4, -0.2) is 77.8 Å². The molecule has 7 heteroatoms. The zero-order chi connectivity index (χ0) is 33.8. The van der Waals surface area contributed by atoms with Crippen LogP contribution in [0.5, 0.6) is 0 Å². The highest BCUT2D eigenvalue weighted by Gasteiger charge is 2.20. The molecule has 2 unspecified atom stereocenters. The van der Waals surface area contributed by atoms with E-state index in [0.29, 0.717) is 13.2 Å². The first-order valence-electron chi connectivity index (χ1n) is 20.0. The van der Waals surface area contributed by atoms with Crippen LogP contribution in [0.2, 0.25) is 0 Å². The van der Waals surface area contributed by atoms with Crippen molar-refractivity contribution in [1.29, 1.82) is 0 Å². The van der Waals surface area contributed by atoms with Gasteiger partial charge in [-0.1, -0.05) is 124 Å². The van der Waals surface area contributed by atoms with Gasteiger partial charge in [-0.25, -0.2) is 0 Å². The van der Waals surface area contributed by atoms with Crippen LogP contribution in [0.25, 0.3) is 0 Å². The van der Waals surface area contributed by atoms with Gasteiger partial charge in [0.2, 0.25) is 0 Å². The minimum atomic E-state index is -0.619. The molecule has 0 aliphatic carbocycles. The van der Waals surface area contributed by atoms with Gasteiger partial charge in [0.05, 0.1) is 6.61 Å². The number of rotatable bonds is 38. The quantitative estimate of drug-likeness (QED) is 0.0384. The summed E-state index contributed by atoms with van der Waals surface area (Å²) >= 11 is 1.82. The van der Waals surface area contributed by atoms with E-state index in [1.165, 1.54) is 83.5 Å². The van der Waals surface area contributed by atoms with E-state index >= 15 is 0 Å². The number of carbonyl (C=O) groups excluding carboxylic acids is 1. The Balaban J connectivity index is 4.13. The van der Waals surface area contributed by atoms with Gasteiger partial charge >= 0.3 is 5.97 Å². The molecule has 0 bridgehead atoms. The molecule has 0 fully saturated rings. The van der Waals surface area contributed by atoms with E-state index in [1.807, 2.05) is 11.8 Å². The van der Waals surface area contributed by atoms with Gasteiger partial charge in [-0.2, -0.15) is 0 Å². The number of hydrogen-bond donors (Lipinski definition) is 2. The Morgan fingerprint density at radius 3 is 1.70 bits per heavy atom. The maximum absolute atomic E-state index is 12.9. The number of unbranched alkanes of at least 4 members (excludes halogenated alkanes) is 18. The van der Waals surface area contributed by atoms with Gasteiger partial charge in [-0.05, 0) is 89.6 Å². The molecule has 0 amide bonds. The summed E-state index contributed by atoms with van der Waals surface area (Å²) in [6.07, 6.45) is 29.2. The second-order valence-electron chi connectivity index (χ2n) is 13.4. The number of hydrogen-bond acceptors (Lipinski definition) is 7. The molecular weight excluding hydrogens is 594 g/mol. The lowest BCUT2D eigenvalue weighted by atomic mass is 10.1. The van der Waals surface area contributed by atoms with Crippen LogP contribution in [-0.2, 0) is 14.3 Å². The Bertz CT molecular complexity index is 611. The molecule has 0 spiro atoms. The van der Waals surface area contributed by atoms with E-state index in [1.54, 1.807) is 0 Å². The number of ether oxygens (including phenoxy) is 2. The molecule has 276 valence electrons. The number of aliphatic hydroxyl groups is 2. The van der Waals surface area contributed by atoms with Crippen molar-refractivity contribution >= 4 is 17.7 Å². The van der Waals surface area contributed by atoms with E-state index in [9.17, 15) is 15.0 Å². The van der Waals surface area contributed by atoms with Crippen LogP contribution in [0.15, 0.2) is 0 Å². The first-order valence-corrected chi connectivity index (χ1v) is 21.0. The summed E-state index contributed by atoms with van der Waals surface area (Å²) in [6, 6.07) is 0. The van der Waals surface area contributed by atoms with Crippen molar-refractivity contribution in [3.8, 4) is 0 Å². The smallest absolute Gasteiger partial charge is 0.319 e. The lowest BCUT2D eigenvalue weighted by Crippen LogP contribution is -2.27. The molecule has 0 saturated heterocycles. The topological polar surface area (TPSA) is 79.2 Å². The molecule has 0 aromatic heterocycles. The van der Waals surface area contributed by atoms with E-state index in [-0.39, 0.29) is 17.8 Å². The monoisotopic (exact) mass is 674 g/mol. The molecule has 0 aliphatic heterocycles. The van der Waals surface area contributed by atoms with Gasteiger partial charge in [-0.3, -0.25) is 4.79 Å². The fourth-order valence-corrected chi connectivity index (χ4v) is 7.01. The molecule has 2 N–H and O–H groups in total. The minimum Gasteiger partial charge on any atom is -0.465 e. The average Bonchev–Trinajstić information content (AvgIpc) is 3.05. The highest BCUT2D eigenvalue weighted by molar-refractivity contribution is 8.00. The summed E-state index contributed by atoms with van der Waals surface area (Å²) in [7, 11) is 0. The Morgan fingerprint density at radius 2 is 1.07 bits per heavy atom. The van der Waals surface area contributed by atoms with Crippen molar-refractivity contribution in [2.75, 3.05) is 45.2 Å². The predicted molar refractivity (Wildman–Crippen MR) is 200 cm³/mol. The lowest BCUT2D eigenvalue weighted by Gasteiger charge is -2.22. The Kier molecular flexibility index (Phi) is 37.2. The van der Waals surface area contributed by atoms with Crippen LogP contribution in [0.1, 0.15) is 188 Å². The molecule has 0 aliphatic rings.